The molecule has 0 amide bonds. The molecule has 3 N–H and O–H groups in total. The lowest BCUT2D eigenvalue weighted by atomic mass is 9.99. The number of nitrogens with one attached hydrogen (secondary N) is 2. The van der Waals surface area contributed by atoms with E-state index in [9.17, 15) is 5.11 Å². The summed E-state index contributed by atoms with van der Waals surface area (Å²) in [5.74, 6) is 0.863. The zero-order chi connectivity index (χ0) is 20.9. The minimum Gasteiger partial charge on any atom is -0.494 e. The van der Waals surface area contributed by atoms with Gasteiger partial charge in [0.05, 0.1) is 17.9 Å². The number of rotatable bonds is 8. The number of benzene rings is 2. The Labute approximate surface area is 178 Å². The summed E-state index contributed by atoms with van der Waals surface area (Å²) in [5.41, 5.74) is 3.49. The molecule has 2 heterocycles. The van der Waals surface area contributed by atoms with E-state index in [0.717, 1.165) is 34.2 Å². The Hall–Kier alpha value is -2.79. The molecule has 0 unspecified atom stereocenters. The lowest BCUT2D eigenvalue weighted by Crippen LogP contribution is -2.30. The van der Waals surface area contributed by atoms with E-state index in [1.807, 2.05) is 49.4 Å². The van der Waals surface area contributed by atoms with Crippen LogP contribution < -0.4 is 4.74 Å². The number of fused-ring (bicyclic) bond motifs is 1. The molecule has 4 rings (SSSR count). The number of ether oxygens (including phenoxy) is 1. The highest BCUT2D eigenvalue weighted by Crippen LogP contribution is 2.32. The maximum atomic E-state index is 10.4. The molecule has 158 valence electrons. The standard InChI is InChI=1S/C25H31N3O2/c1-18-8-7-9-21-22(18)23(25(29)27-21)24(26)19-10-12-20(13-11-19)30-17-6-5-16-28-14-3-2-4-15-28/h7-13,26-27,29H,2-6,14-17H2,1H3. The number of likely N-dealkylation sites (tertiary alicyclic amines) is 1. The minimum atomic E-state index is 0.0401. The first-order valence-corrected chi connectivity index (χ1v) is 11.0. The number of hydrogen-bond acceptors (Lipinski definition) is 4. The second kappa shape index (κ2) is 9.35. The van der Waals surface area contributed by atoms with Gasteiger partial charge < -0.3 is 19.7 Å². The molecule has 0 radical (unpaired) electrons. The second-order valence-corrected chi connectivity index (χ2v) is 8.20. The van der Waals surface area contributed by atoms with Crippen molar-refractivity contribution in [1.29, 1.82) is 5.41 Å². The molecule has 1 aliphatic rings. The number of aromatic amines is 1. The normalized spacial score (nSPS) is 14.8. The van der Waals surface area contributed by atoms with Crippen molar-refractivity contribution < 1.29 is 9.84 Å². The summed E-state index contributed by atoms with van der Waals surface area (Å²) >= 11 is 0. The molecule has 2 aromatic carbocycles. The van der Waals surface area contributed by atoms with Crippen molar-refractivity contribution in [3.8, 4) is 11.6 Å². The summed E-state index contributed by atoms with van der Waals surface area (Å²) in [6.07, 6.45) is 6.28. The molecule has 0 aliphatic carbocycles. The number of hydrogen-bond donors (Lipinski definition) is 3. The van der Waals surface area contributed by atoms with Crippen LogP contribution in [0.15, 0.2) is 42.5 Å². The van der Waals surface area contributed by atoms with E-state index in [0.29, 0.717) is 17.9 Å². The van der Waals surface area contributed by atoms with Crippen LogP contribution in [-0.2, 0) is 0 Å². The van der Waals surface area contributed by atoms with Gasteiger partial charge in [-0.3, -0.25) is 5.41 Å². The van der Waals surface area contributed by atoms with Gasteiger partial charge in [-0.15, -0.1) is 0 Å². The Balaban J connectivity index is 1.33. The summed E-state index contributed by atoms with van der Waals surface area (Å²) in [6, 6.07) is 13.5. The molecule has 0 spiro atoms. The monoisotopic (exact) mass is 405 g/mol. The van der Waals surface area contributed by atoms with Crippen LogP contribution in [0.25, 0.3) is 10.9 Å². The second-order valence-electron chi connectivity index (χ2n) is 8.20. The number of unbranched alkanes of at least 4 members (excludes halogenated alkanes) is 1. The van der Waals surface area contributed by atoms with Gasteiger partial charge in [0.2, 0.25) is 0 Å². The van der Waals surface area contributed by atoms with Gasteiger partial charge >= 0.3 is 0 Å². The van der Waals surface area contributed by atoms with Crippen LogP contribution in [0.3, 0.4) is 0 Å². The minimum absolute atomic E-state index is 0.0401. The predicted molar refractivity (Wildman–Crippen MR) is 122 cm³/mol. The maximum absolute atomic E-state index is 10.4. The number of piperidine rings is 1. The zero-order valence-corrected chi connectivity index (χ0v) is 17.7. The molecule has 3 aromatic rings. The van der Waals surface area contributed by atoms with Gasteiger partial charge in [-0.1, -0.05) is 18.6 Å². The lowest BCUT2D eigenvalue weighted by Gasteiger charge is -2.26. The Morgan fingerprint density at radius 3 is 2.60 bits per heavy atom. The smallest absolute Gasteiger partial charge is 0.199 e. The Bertz CT molecular complexity index is 1000. The largest absolute Gasteiger partial charge is 0.494 e. The summed E-state index contributed by atoms with van der Waals surface area (Å²) in [4.78, 5) is 5.54. The number of nitrogens with zero attached hydrogens (tertiary/aromatic N) is 1. The van der Waals surface area contributed by atoms with Crippen molar-refractivity contribution in [3.05, 3.63) is 59.2 Å². The number of aromatic nitrogens is 1. The van der Waals surface area contributed by atoms with Crippen molar-refractivity contribution in [1.82, 2.24) is 9.88 Å². The van der Waals surface area contributed by atoms with Crippen LogP contribution in [0.4, 0.5) is 0 Å². The topological polar surface area (TPSA) is 72.3 Å². The number of aromatic hydroxyl groups is 1. The summed E-state index contributed by atoms with van der Waals surface area (Å²) < 4.78 is 5.89. The van der Waals surface area contributed by atoms with Crippen molar-refractivity contribution >= 4 is 16.6 Å². The van der Waals surface area contributed by atoms with Crippen molar-refractivity contribution in [2.45, 2.75) is 39.0 Å². The first-order valence-electron chi connectivity index (χ1n) is 11.0. The fraction of sp³-hybridized carbons (Fsp3) is 0.400. The van der Waals surface area contributed by atoms with E-state index < -0.39 is 0 Å². The quantitative estimate of drug-likeness (QED) is 0.354. The third-order valence-electron chi connectivity index (χ3n) is 5.99. The van der Waals surface area contributed by atoms with E-state index in [4.69, 9.17) is 10.1 Å². The van der Waals surface area contributed by atoms with E-state index in [-0.39, 0.29) is 5.88 Å². The molecule has 30 heavy (non-hydrogen) atoms. The highest BCUT2D eigenvalue weighted by Gasteiger charge is 2.18. The molecule has 5 nitrogen and oxygen atoms in total. The summed E-state index contributed by atoms with van der Waals surface area (Å²) in [7, 11) is 0. The van der Waals surface area contributed by atoms with Crippen LogP contribution >= 0.6 is 0 Å². The fourth-order valence-corrected chi connectivity index (χ4v) is 4.33. The van der Waals surface area contributed by atoms with Gasteiger partial charge in [-0.05, 0) is 88.1 Å². The van der Waals surface area contributed by atoms with Crippen LogP contribution in [0.2, 0.25) is 0 Å². The molecular formula is C25H31N3O2. The summed E-state index contributed by atoms with van der Waals surface area (Å²) in [6.45, 7) is 6.38. The molecule has 1 fully saturated rings. The molecule has 1 saturated heterocycles. The van der Waals surface area contributed by atoms with Gasteiger partial charge in [0, 0.05) is 16.5 Å². The van der Waals surface area contributed by atoms with Gasteiger partial charge in [0.15, 0.2) is 5.88 Å². The third-order valence-corrected chi connectivity index (χ3v) is 5.99. The molecule has 5 heteroatoms. The van der Waals surface area contributed by atoms with Crippen LogP contribution in [0.1, 0.15) is 48.8 Å². The molecule has 0 atom stereocenters. The van der Waals surface area contributed by atoms with Gasteiger partial charge in [-0.25, -0.2) is 0 Å². The maximum Gasteiger partial charge on any atom is 0.199 e. The zero-order valence-electron chi connectivity index (χ0n) is 17.7. The number of H-pyrrole nitrogens is 1. The Morgan fingerprint density at radius 1 is 1.07 bits per heavy atom. The Kier molecular flexibility index (Phi) is 6.38. The highest BCUT2D eigenvalue weighted by molar-refractivity contribution is 6.20. The van der Waals surface area contributed by atoms with Crippen LogP contribution in [0.5, 0.6) is 11.6 Å². The molecule has 1 aliphatic heterocycles. The van der Waals surface area contributed by atoms with Crippen LogP contribution in [0, 0.1) is 12.3 Å². The predicted octanol–water partition coefficient (Wildman–Crippen LogP) is 5.24. The Morgan fingerprint density at radius 2 is 1.83 bits per heavy atom. The van der Waals surface area contributed by atoms with E-state index >= 15 is 0 Å². The first kappa shape index (κ1) is 20.5. The molecule has 1 aromatic heterocycles. The van der Waals surface area contributed by atoms with E-state index in [1.165, 1.54) is 45.3 Å². The third kappa shape index (κ3) is 4.51. The van der Waals surface area contributed by atoms with Crippen molar-refractivity contribution in [3.63, 3.8) is 0 Å². The molecule has 0 bridgehead atoms. The molecular weight excluding hydrogens is 374 g/mol. The average molecular weight is 406 g/mol. The average Bonchev–Trinajstić information content (AvgIpc) is 3.11. The highest BCUT2D eigenvalue weighted by atomic mass is 16.5. The fourth-order valence-electron chi connectivity index (χ4n) is 4.33. The van der Waals surface area contributed by atoms with E-state index in [1.54, 1.807) is 0 Å². The molecule has 0 saturated carbocycles. The van der Waals surface area contributed by atoms with Gasteiger partial charge in [-0.2, -0.15) is 0 Å². The van der Waals surface area contributed by atoms with Crippen molar-refractivity contribution in [2.75, 3.05) is 26.2 Å². The lowest BCUT2D eigenvalue weighted by molar-refractivity contribution is 0.216. The first-order chi connectivity index (χ1) is 14.6. The van der Waals surface area contributed by atoms with E-state index in [2.05, 4.69) is 9.88 Å². The van der Waals surface area contributed by atoms with Gasteiger partial charge in [0.1, 0.15) is 5.75 Å². The van der Waals surface area contributed by atoms with Crippen molar-refractivity contribution in [2.24, 2.45) is 0 Å². The number of aryl methyl sites for hydroxylation is 1. The van der Waals surface area contributed by atoms with Crippen LogP contribution in [-0.4, -0.2) is 46.9 Å². The SMILES string of the molecule is Cc1cccc2[nH]c(O)c(C(=N)c3ccc(OCCCCN4CCCCC4)cc3)c12. The van der Waals surface area contributed by atoms with Gasteiger partial charge in [0.25, 0.3) is 0 Å². The summed E-state index contributed by atoms with van der Waals surface area (Å²) in [5, 5.41) is 19.9.